The van der Waals surface area contributed by atoms with E-state index in [0.717, 1.165) is 51.4 Å². The minimum Gasteiger partial charge on any atom is -0.513 e. The molecule has 0 aromatic heterocycles. The number of unbranched alkanes of at least 4 members (excludes halogenated alkanes) is 14. The van der Waals surface area contributed by atoms with Gasteiger partial charge in [0.1, 0.15) is 0 Å². The summed E-state index contributed by atoms with van der Waals surface area (Å²) in [5, 5.41) is 0. The first-order valence-corrected chi connectivity index (χ1v) is 18.3. The van der Waals surface area contributed by atoms with Crippen molar-refractivity contribution >= 4 is 0 Å². The molecule has 2 aromatic rings. The molecule has 2 aromatic carbocycles. The van der Waals surface area contributed by atoms with Gasteiger partial charge in [-0.1, -0.05) is 104 Å². The van der Waals surface area contributed by atoms with Gasteiger partial charge in [0.25, 0.3) is 0 Å². The van der Waals surface area contributed by atoms with Gasteiger partial charge in [0.2, 0.25) is 0 Å². The van der Waals surface area contributed by atoms with E-state index in [9.17, 15) is 35.1 Å². The maximum absolute atomic E-state index is 13.3. The molecule has 0 amide bonds. The molecule has 0 aliphatic heterocycles. The summed E-state index contributed by atoms with van der Waals surface area (Å²) in [6, 6.07) is 2.64. The van der Waals surface area contributed by atoms with Crippen molar-refractivity contribution in [3.05, 3.63) is 107 Å². The molecule has 0 N–H and O–H groups in total. The van der Waals surface area contributed by atoms with E-state index in [4.69, 9.17) is 9.47 Å². The van der Waals surface area contributed by atoms with Crippen LogP contribution in [0, 0.1) is 70.8 Å². The first-order valence-electron chi connectivity index (χ1n) is 18.3. The van der Waals surface area contributed by atoms with E-state index in [1.807, 2.05) is 24.3 Å². The Hall–Kier alpha value is -2.85. The monoisotopic (exact) mass is 788 g/mol. The predicted molar refractivity (Wildman–Crippen MR) is 190 cm³/mol. The van der Waals surface area contributed by atoms with Crippen molar-refractivity contribution in [3.63, 3.8) is 0 Å². The average Bonchev–Trinajstić information content (AvgIpc) is 3.92. The fourth-order valence-electron chi connectivity index (χ4n) is 4.76. The van der Waals surface area contributed by atoms with E-state index in [-0.39, 0.29) is 34.9 Å². The average molecular weight is 789 g/mol. The Balaban J connectivity index is 0.000000791. The molecule has 11 heteroatoms. The number of allylic oxidation sites excluding steroid dienone is 8. The van der Waals surface area contributed by atoms with Crippen LogP contribution in [0.15, 0.2) is 36.5 Å². The van der Waals surface area contributed by atoms with Gasteiger partial charge < -0.3 is 9.47 Å². The third-order valence-electron chi connectivity index (χ3n) is 7.67. The summed E-state index contributed by atoms with van der Waals surface area (Å²) in [7, 11) is 0. The van der Waals surface area contributed by atoms with Gasteiger partial charge in [-0.15, -0.1) is 25.0 Å². The molecule has 0 radical (unpaired) electrons. The number of rotatable bonds is 20. The third-order valence-corrected chi connectivity index (χ3v) is 7.67. The molecular weight excluding hydrogens is 736 g/mol. The Labute approximate surface area is 326 Å². The summed E-state index contributed by atoms with van der Waals surface area (Å²) in [6.45, 7) is 4.38. The second kappa shape index (κ2) is 32.6. The van der Waals surface area contributed by atoms with Crippen molar-refractivity contribution in [2.75, 3.05) is 13.2 Å². The minimum absolute atomic E-state index is 0. The van der Waals surface area contributed by atoms with Crippen LogP contribution < -0.4 is 9.47 Å². The fraction of sp³-hybridized carbons (Fsp3) is 0.524. The van der Waals surface area contributed by atoms with Gasteiger partial charge in [0, 0.05) is 0 Å². The standard InChI is InChI=1S/2C16H21F4O.2C5H5.Ti/c2*1-2-3-4-5-6-7-8-9-10-21-16-14(19)12(17)11-13(18)15(16)20;2*1-2-4-5-3-1;/h2*2-10H2,1H3;2*1-3H,4H2;/q4*-1;+4. The van der Waals surface area contributed by atoms with Crippen LogP contribution in [0.5, 0.6) is 11.5 Å². The molecule has 4 rings (SSSR count). The summed E-state index contributed by atoms with van der Waals surface area (Å²) in [5.74, 6) is -14.4. The van der Waals surface area contributed by atoms with Gasteiger partial charge in [-0.3, -0.25) is 29.7 Å². The summed E-state index contributed by atoms with van der Waals surface area (Å²) >= 11 is 0. The maximum atomic E-state index is 13.3. The topological polar surface area (TPSA) is 18.5 Å². The van der Waals surface area contributed by atoms with E-state index in [2.05, 4.69) is 38.2 Å². The normalized spacial score (nSPS) is 12.0. The van der Waals surface area contributed by atoms with Crippen LogP contribution in [-0.4, -0.2) is 13.2 Å². The van der Waals surface area contributed by atoms with Gasteiger partial charge in [0.05, 0.1) is 71.3 Å². The molecule has 292 valence electrons. The molecule has 0 saturated carbocycles. The van der Waals surface area contributed by atoms with Crippen molar-refractivity contribution in [3.8, 4) is 11.5 Å². The molecule has 0 fully saturated rings. The van der Waals surface area contributed by atoms with Crippen LogP contribution in [0.2, 0.25) is 0 Å². The van der Waals surface area contributed by atoms with Gasteiger partial charge in [-0.05, 0) is 12.8 Å². The predicted octanol–water partition coefficient (Wildman–Crippen LogP) is 13.7. The van der Waals surface area contributed by atoms with Crippen LogP contribution in [0.3, 0.4) is 0 Å². The first kappa shape index (κ1) is 50.2. The Kier molecular flexibility index (Phi) is 30.8. The van der Waals surface area contributed by atoms with E-state index >= 15 is 0 Å². The molecular formula is C42H52F8O2Ti. The van der Waals surface area contributed by atoms with Crippen LogP contribution in [0.4, 0.5) is 35.1 Å². The number of ether oxygens (including phenoxy) is 2. The van der Waals surface area contributed by atoms with Crippen LogP contribution in [0.25, 0.3) is 0 Å². The summed E-state index contributed by atoms with van der Waals surface area (Å²) < 4.78 is 114. The third kappa shape index (κ3) is 22.9. The second-order valence-corrected chi connectivity index (χ2v) is 12.1. The Bertz CT molecular complexity index is 1200. The van der Waals surface area contributed by atoms with Crippen LogP contribution in [0.1, 0.15) is 129 Å². The quantitative estimate of drug-likeness (QED) is 0.0437. The Morgan fingerprint density at radius 1 is 0.453 bits per heavy atom. The van der Waals surface area contributed by atoms with Gasteiger partial charge >= 0.3 is 21.7 Å². The number of halogens is 8. The van der Waals surface area contributed by atoms with Crippen molar-refractivity contribution in [2.24, 2.45) is 0 Å². The van der Waals surface area contributed by atoms with Crippen LogP contribution in [-0.2, 0) is 21.7 Å². The molecule has 0 unspecified atom stereocenters. The van der Waals surface area contributed by atoms with Crippen molar-refractivity contribution < 1.29 is 66.3 Å². The zero-order chi connectivity index (χ0) is 38.4. The summed E-state index contributed by atoms with van der Waals surface area (Å²) in [6.07, 6.45) is 36.9. The van der Waals surface area contributed by atoms with Crippen molar-refractivity contribution in [1.29, 1.82) is 0 Å². The summed E-state index contributed by atoms with van der Waals surface area (Å²) in [5.41, 5.74) is 0. The Morgan fingerprint density at radius 2 is 0.736 bits per heavy atom. The number of hydrogen-bond acceptors (Lipinski definition) is 2. The van der Waals surface area contributed by atoms with E-state index in [1.54, 1.807) is 0 Å². The molecule has 0 heterocycles. The largest absolute Gasteiger partial charge is 4.00 e. The van der Waals surface area contributed by atoms with E-state index in [1.165, 1.54) is 63.5 Å². The van der Waals surface area contributed by atoms with Crippen LogP contribution >= 0.6 is 0 Å². The zero-order valence-corrected chi connectivity index (χ0v) is 32.5. The Morgan fingerprint density at radius 3 is 0.962 bits per heavy atom. The van der Waals surface area contributed by atoms with Gasteiger partial charge in [-0.25, -0.2) is 41.9 Å². The number of hydrogen-bond donors (Lipinski definition) is 0. The summed E-state index contributed by atoms with van der Waals surface area (Å²) in [4.78, 5) is 0. The molecule has 0 spiro atoms. The second-order valence-electron chi connectivity index (χ2n) is 12.1. The van der Waals surface area contributed by atoms with Gasteiger partial charge in [-0.2, -0.15) is 12.2 Å². The van der Waals surface area contributed by atoms with Gasteiger partial charge in [0.15, 0.2) is 0 Å². The molecule has 2 nitrogen and oxygen atoms in total. The maximum Gasteiger partial charge on any atom is 4.00 e. The minimum atomic E-state index is -1.57. The zero-order valence-electron chi connectivity index (χ0n) is 30.9. The fourth-order valence-corrected chi connectivity index (χ4v) is 4.76. The van der Waals surface area contributed by atoms with E-state index < -0.39 is 58.0 Å². The molecule has 0 atom stereocenters. The SMILES string of the molecule is CCCCCCCCCCOc1c(F)c(F)[c-]c(F)c1F.CCCCCCCCCCOc1c(F)c(F)[c-]c(F)c1F.[C-]1=CC=CC1.[C-]1=CC=CC1.[Ti+4]. The molecule has 53 heavy (non-hydrogen) atoms. The molecule has 2 aliphatic carbocycles. The molecule has 0 saturated heterocycles. The van der Waals surface area contributed by atoms with E-state index in [0.29, 0.717) is 12.8 Å². The number of benzene rings is 2. The van der Waals surface area contributed by atoms with Crippen molar-refractivity contribution in [2.45, 2.75) is 129 Å². The van der Waals surface area contributed by atoms with Crippen molar-refractivity contribution in [1.82, 2.24) is 0 Å². The molecule has 2 aliphatic rings. The first-order chi connectivity index (χ1) is 25.1. The smallest absolute Gasteiger partial charge is 0.513 e. The molecule has 0 bridgehead atoms.